The molecular formula is C23H17N3O2. The minimum atomic E-state index is -0.553. The number of anilines is 1. The van der Waals surface area contributed by atoms with Crippen molar-refractivity contribution in [2.24, 2.45) is 0 Å². The van der Waals surface area contributed by atoms with Gasteiger partial charge in [-0.15, -0.1) is 0 Å². The Morgan fingerprint density at radius 2 is 1.21 bits per heavy atom. The van der Waals surface area contributed by atoms with Crippen molar-refractivity contribution < 1.29 is 4.92 Å². The number of nitro groups is 1. The molecule has 28 heavy (non-hydrogen) atoms. The van der Waals surface area contributed by atoms with E-state index < -0.39 is 4.92 Å². The van der Waals surface area contributed by atoms with Gasteiger partial charge >= 0.3 is 0 Å². The molecule has 0 saturated heterocycles. The average Bonchev–Trinajstić information content (AvgIpc) is 2.72. The highest BCUT2D eigenvalue weighted by molar-refractivity contribution is 5.74. The van der Waals surface area contributed by atoms with Crippen LogP contribution in [0.2, 0.25) is 0 Å². The van der Waals surface area contributed by atoms with Gasteiger partial charge in [0.2, 0.25) is 0 Å². The molecule has 0 aliphatic rings. The van der Waals surface area contributed by atoms with Crippen molar-refractivity contribution in [3.8, 4) is 6.07 Å². The molecule has 0 fully saturated rings. The predicted octanol–water partition coefficient (Wildman–Crippen LogP) is 5.39. The minimum absolute atomic E-state index is 0.0512. The van der Waals surface area contributed by atoms with Crippen molar-refractivity contribution in [2.45, 2.75) is 0 Å². The van der Waals surface area contributed by atoms with Crippen LogP contribution in [-0.4, -0.2) is 4.92 Å². The maximum Gasteiger partial charge on any atom is 0.287 e. The summed E-state index contributed by atoms with van der Waals surface area (Å²) >= 11 is 0. The highest BCUT2D eigenvalue weighted by Crippen LogP contribution is 2.20. The fourth-order valence-electron chi connectivity index (χ4n) is 2.62. The zero-order valence-electron chi connectivity index (χ0n) is 14.9. The maximum atomic E-state index is 10.9. The Kier molecular flexibility index (Phi) is 5.63. The van der Waals surface area contributed by atoms with Gasteiger partial charge in [-0.2, -0.15) is 5.26 Å². The molecule has 0 atom stereocenters. The lowest BCUT2D eigenvalue weighted by molar-refractivity contribution is -0.385. The summed E-state index contributed by atoms with van der Waals surface area (Å²) in [6, 6.07) is 22.0. The van der Waals surface area contributed by atoms with E-state index in [1.807, 2.05) is 78.9 Å². The van der Waals surface area contributed by atoms with E-state index >= 15 is 0 Å². The van der Waals surface area contributed by atoms with Gasteiger partial charge in [-0.25, -0.2) is 0 Å². The lowest BCUT2D eigenvalue weighted by Gasteiger charge is -1.99. The largest absolute Gasteiger partial charge is 0.399 e. The smallest absolute Gasteiger partial charge is 0.287 e. The first-order valence-electron chi connectivity index (χ1n) is 8.55. The highest BCUT2D eigenvalue weighted by Gasteiger charge is 2.12. The summed E-state index contributed by atoms with van der Waals surface area (Å²) < 4.78 is 0. The molecule has 0 aliphatic heterocycles. The second kappa shape index (κ2) is 8.47. The molecule has 5 heteroatoms. The van der Waals surface area contributed by atoms with Crippen molar-refractivity contribution in [3.63, 3.8) is 0 Å². The molecule has 5 nitrogen and oxygen atoms in total. The summed E-state index contributed by atoms with van der Waals surface area (Å²) in [6.07, 6.45) is 7.76. The van der Waals surface area contributed by atoms with Crippen LogP contribution in [-0.2, 0) is 0 Å². The second-order valence-corrected chi connectivity index (χ2v) is 6.15. The number of rotatable bonds is 5. The molecule has 0 aromatic heterocycles. The molecule has 0 saturated carbocycles. The Hall–Kier alpha value is -4.17. The van der Waals surface area contributed by atoms with Crippen molar-refractivity contribution in [1.29, 1.82) is 5.26 Å². The van der Waals surface area contributed by atoms with Gasteiger partial charge in [-0.3, -0.25) is 10.1 Å². The molecule has 3 rings (SSSR count). The number of nitrogens with two attached hydrogens (primary N) is 1. The molecule has 2 N–H and O–H groups in total. The maximum absolute atomic E-state index is 10.9. The van der Waals surface area contributed by atoms with E-state index in [1.165, 1.54) is 12.1 Å². The van der Waals surface area contributed by atoms with E-state index in [-0.39, 0.29) is 11.3 Å². The van der Waals surface area contributed by atoms with Gasteiger partial charge in [0.25, 0.3) is 5.69 Å². The first kappa shape index (κ1) is 18.6. The second-order valence-electron chi connectivity index (χ2n) is 6.15. The normalized spacial score (nSPS) is 11.0. The van der Waals surface area contributed by atoms with E-state index in [0.717, 1.165) is 27.9 Å². The number of hydrogen-bond acceptors (Lipinski definition) is 4. The molecule has 0 amide bonds. The molecule has 0 aliphatic carbocycles. The zero-order chi connectivity index (χ0) is 19.9. The van der Waals surface area contributed by atoms with Gasteiger partial charge in [0.05, 0.1) is 4.92 Å². The number of benzene rings is 3. The van der Waals surface area contributed by atoms with Crippen molar-refractivity contribution in [1.82, 2.24) is 0 Å². The molecule has 3 aromatic rings. The van der Waals surface area contributed by atoms with Gasteiger partial charge < -0.3 is 5.73 Å². The van der Waals surface area contributed by atoms with Gasteiger partial charge in [0.1, 0.15) is 11.6 Å². The number of nitriles is 1. The van der Waals surface area contributed by atoms with E-state index in [9.17, 15) is 10.1 Å². The molecule has 0 heterocycles. The van der Waals surface area contributed by atoms with Crippen LogP contribution in [0.15, 0.2) is 66.7 Å². The standard InChI is InChI=1S/C23H17N3O2/c24-16-21-15-20(11-14-23(21)26(27)28)8-7-18-3-1-17(2-4-18)5-6-19-9-12-22(25)13-10-19/h1-15H,25H2/b6-5+,8-7+. The van der Waals surface area contributed by atoms with Gasteiger partial charge in [-0.1, -0.05) is 60.7 Å². The number of nitrogen functional groups attached to an aromatic ring is 1. The van der Waals surface area contributed by atoms with Crippen LogP contribution in [0.5, 0.6) is 0 Å². The Balaban J connectivity index is 1.71. The van der Waals surface area contributed by atoms with Gasteiger partial charge in [-0.05, 0) is 46.5 Å². The molecule has 136 valence electrons. The third kappa shape index (κ3) is 4.71. The fourth-order valence-corrected chi connectivity index (χ4v) is 2.62. The van der Waals surface area contributed by atoms with E-state index in [2.05, 4.69) is 0 Å². The van der Waals surface area contributed by atoms with Crippen LogP contribution >= 0.6 is 0 Å². The topological polar surface area (TPSA) is 93.0 Å². The van der Waals surface area contributed by atoms with Gasteiger partial charge in [0, 0.05) is 11.8 Å². The predicted molar refractivity (Wildman–Crippen MR) is 113 cm³/mol. The summed E-state index contributed by atoms with van der Waals surface area (Å²) in [5.74, 6) is 0. The molecular weight excluding hydrogens is 350 g/mol. The SMILES string of the molecule is N#Cc1cc(/C=C/c2ccc(/C=C/c3ccc(N)cc3)cc2)ccc1[N+](=O)[O-]. The van der Waals surface area contributed by atoms with Crippen molar-refractivity contribution >= 4 is 35.7 Å². The molecule has 0 spiro atoms. The summed E-state index contributed by atoms with van der Waals surface area (Å²) in [6.45, 7) is 0. The van der Waals surface area contributed by atoms with Crippen molar-refractivity contribution in [2.75, 3.05) is 5.73 Å². The van der Waals surface area contributed by atoms with E-state index in [1.54, 1.807) is 6.07 Å². The van der Waals surface area contributed by atoms with Crippen molar-refractivity contribution in [3.05, 3.63) is 105 Å². The summed E-state index contributed by atoms with van der Waals surface area (Å²) in [5, 5.41) is 20.0. The first-order valence-corrected chi connectivity index (χ1v) is 8.55. The number of nitro benzene ring substituents is 1. The molecule has 0 unspecified atom stereocenters. The average molecular weight is 367 g/mol. The van der Waals surface area contributed by atoms with Crippen LogP contribution in [0.1, 0.15) is 27.8 Å². The number of nitrogens with zero attached hydrogens (tertiary/aromatic N) is 2. The molecule has 0 radical (unpaired) electrons. The lowest BCUT2D eigenvalue weighted by atomic mass is 10.1. The Morgan fingerprint density at radius 3 is 1.68 bits per heavy atom. The summed E-state index contributed by atoms with van der Waals surface area (Å²) in [7, 11) is 0. The van der Waals surface area contributed by atoms with E-state index in [0.29, 0.717) is 0 Å². The van der Waals surface area contributed by atoms with Crippen LogP contribution in [0.3, 0.4) is 0 Å². The third-order valence-corrected chi connectivity index (χ3v) is 4.15. The van der Waals surface area contributed by atoms with Crippen LogP contribution < -0.4 is 5.73 Å². The zero-order valence-corrected chi connectivity index (χ0v) is 14.9. The monoisotopic (exact) mass is 367 g/mol. The summed E-state index contributed by atoms with van der Waals surface area (Å²) in [4.78, 5) is 10.3. The molecule has 0 bridgehead atoms. The molecule has 3 aromatic carbocycles. The Morgan fingerprint density at radius 1 is 0.786 bits per heavy atom. The fraction of sp³-hybridized carbons (Fsp3) is 0. The Labute approximate surface area is 162 Å². The van der Waals surface area contributed by atoms with E-state index in [4.69, 9.17) is 11.0 Å². The Bertz CT molecular complexity index is 1090. The van der Waals surface area contributed by atoms with Gasteiger partial charge in [0.15, 0.2) is 0 Å². The van der Waals surface area contributed by atoms with Crippen LogP contribution in [0.4, 0.5) is 11.4 Å². The van der Waals surface area contributed by atoms with Crippen LogP contribution in [0, 0.1) is 21.4 Å². The number of hydrogen-bond donors (Lipinski definition) is 1. The highest BCUT2D eigenvalue weighted by atomic mass is 16.6. The first-order chi connectivity index (χ1) is 13.5. The minimum Gasteiger partial charge on any atom is -0.399 e. The van der Waals surface area contributed by atoms with Crippen LogP contribution in [0.25, 0.3) is 24.3 Å². The lowest BCUT2D eigenvalue weighted by Crippen LogP contribution is -1.92. The quantitative estimate of drug-likeness (QED) is 0.283. The third-order valence-electron chi connectivity index (χ3n) is 4.15. The summed E-state index contributed by atoms with van der Waals surface area (Å²) in [5.41, 5.74) is 10.1.